The fourth-order valence-electron chi connectivity index (χ4n) is 0.766. The Kier molecular flexibility index (Phi) is 9.12. The van der Waals surface area contributed by atoms with E-state index >= 15 is 0 Å². The Morgan fingerprint density at radius 3 is 1.92 bits per heavy atom. The number of aliphatic hydroxyl groups is 1. The summed E-state index contributed by atoms with van der Waals surface area (Å²) in [5.74, 6) is -0.218. The van der Waals surface area contributed by atoms with Gasteiger partial charge in [-0.3, -0.25) is 0 Å². The van der Waals surface area contributed by atoms with E-state index in [1.807, 2.05) is 6.92 Å². The molecule has 0 amide bonds. The van der Waals surface area contributed by atoms with Crippen molar-refractivity contribution in [3.8, 4) is 0 Å². The zero-order chi connectivity index (χ0) is 9.56. The van der Waals surface area contributed by atoms with E-state index in [0.717, 1.165) is 12.7 Å². The molecule has 0 spiro atoms. The summed E-state index contributed by atoms with van der Waals surface area (Å²) >= 11 is 0. The van der Waals surface area contributed by atoms with E-state index in [1.54, 1.807) is 12.1 Å². The molecule has 0 bridgehead atoms. The summed E-state index contributed by atoms with van der Waals surface area (Å²) in [4.78, 5) is 0. The summed E-state index contributed by atoms with van der Waals surface area (Å²) in [6.07, 6.45) is 0. The van der Waals surface area contributed by atoms with Gasteiger partial charge < -0.3 is 10.8 Å². The first-order valence-corrected chi connectivity index (χ1v) is 3.66. The second-order valence-corrected chi connectivity index (χ2v) is 2.34. The van der Waals surface area contributed by atoms with Crippen molar-refractivity contribution in [2.24, 2.45) is 5.73 Å². The van der Waals surface area contributed by atoms with Crippen molar-refractivity contribution in [3.05, 3.63) is 35.6 Å². The number of benzene rings is 1. The van der Waals surface area contributed by atoms with Crippen LogP contribution < -0.4 is 5.73 Å². The van der Waals surface area contributed by atoms with E-state index in [0.29, 0.717) is 0 Å². The second kappa shape index (κ2) is 7.98. The Morgan fingerprint density at radius 1 is 1.23 bits per heavy atom. The largest absolute Gasteiger partial charge is 0.400 e. The summed E-state index contributed by atoms with van der Waals surface area (Å²) in [5.41, 5.74) is 6.50. The van der Waals surface area contributed by atoms with E-state index in [9.17, 15) is 4.39 Å². The average Bonchev–Trinajstić information content (AvgIpc) is 2.09. The van der Waals surface area contributed by atoms with Crippen LogP contribution >= 0.6 is 12.4 Å². The van der Waals surface area contributed by atoms with Crippen LogP contribution in [0.15, 0.2) is 24.3 Å². The molecule has 76 valence electrons. The molecule has 3 N–H and O–H groups in total. The SMILES string of the molecule is CO.C[C@@H](N)c1ccc(F)cc1.Cl. The number of aliphatic hydroxyl groups excluding tert-OH is 1. The smallest absolute Gasteiger partial charge is 0.123 e. The maximum atomic E-state index is 12.3. The van der Waals surface area contributed by atoms with E-state index in [2.05, 4.69) is 0 Å². The van der Waals surface area contributed by atoms with Gasteiger partial charge in [0.25, 0.3) is 0 Å². The summed E-state index contributed by atoms with van der Waals surface area (Å²) < 4.78 is 12.3. The molecule has 0 unspecified atom stereocenters. The third-order valence-electron chi connectivity index (χ3n) is 1.40. The Bertz CT molecular complexity index is 213. The van der Waals surface area contributed by atoms with Crippen LogP contribution in [0.5, 0.6) is 0 Å². The van der Waals surface area contributed by atoms with Crippen molar-refractivity contribution >= 4 is 12.4 Å². The number of hydrogen-bond donors (Lipinski definition) is 2. The van der Waals surface area contributed by atoms with E-state index in [-0.39, 0.29) is 24.3 Å². The van der Waals surface area contributed by atoms with E-state index < -0.39 is 0 Å². The first kappa shape index (κ1) is 14.9. The van der Waals surface area contributed by atoms with Crippen LogP contribution in [0, 0.1) is 5.82 Å². The Balaban J connectivity index is 0. The minimum Gasteiger partial charge on any atom is -0.400 e. The van der Waals surface area contributed by atoms with Gasteiger partial charge in [-0.15, -0.1) is 12.4 Å². The molecule has 0 heterocycles. The van der Waals surface area contributed by atoms with Gasteiger partial charge in [-0.25, -0.2) is 4.39 Å². The first-order chi connectivity index (χ1) is 5.70. The highest BCUT2D eigenvalue weighted by atomic mass is 35.5. The lowest BCUT2D eigenvalue weighted by atomic mass is 10.1. The highest BCUT2D eigenvalue weighted by molar-refractivity contribution is 5.85. The Hall–Kier alpha value is -0.640. The van der Waals surface area contributed by atoms with E-state index in [1.165, 1.54) is 12.1 Å². The molecule has 1 rings (SSSR count). The van der Waals surface area contributed by atoms with Crippen LogP contribution in [-0.4, -0.2) is 12.2 Å². The van der Waals surface area contributed by atoms with Crippen molar-refractivity contribution < 1.29 is 9.50 Å². The van der Waals surface area contributed by atoms with Gasteiger partial charge in [0, 0.05) is 13.2 Å². The van der Waals surface area contributed by atoms with Gasteiger partial charge in [-0.2, -0.15) is 0 Å². The number of nitrogens with two attached hydrogens (primary N) is 1. The molecular weight excluding hydrogens is 193 g/mol. The fraction of sp³-hybridized carbons (Fsp3) is 0.333. The molecule has 0 aromatic heterocycles. The minimum absolute atomic E-state index is 0. The molecule has 0 aliphatic rings. The van der Waals surface area contributed by atoms with Crippen molar-refractivity contribution in [1.82, 2.24) is 0 Å². The average molecular weight is 208 g/mol. The molecule has 4 heteroatoms. The third-order valence-corrected chi connectivity index (χ3v) is 1.40. The molecule has 0 aliphatic carbocycles. The second-order valence-electron chi connectivity index (χ2n) is 2.34. The van der Waals surface area contributed by atoms with Gasteiger partial charge in [0.2, 0.25) is 0 Å². The summed E-state index contributed by atoms with van der Waals surface area (Å²) in [6, 6.07) is 6.21. The molecule has 2 nitrogen and oxygen atoms in total. The topological polar surface area (TPSA) is 46.2 Å². The zero-order valence-electron chi connectivity index (χ0n) is 7.70. The van der Waals surface area contributed by atoms with Crippen LogP contribution in [0.2, 0.25) is 0 Å². The highest BCUT2D eigenvalue weighted by Gasteiger charge is 1.96. The number of halogens is 2. The van der Waals surface area contributed by atoms with Crippen molar-refractivity contribution in [3.63, 3.8) is 0 Å². The number of rotatable bonds is 1. The van der Waals surface area contributed by atoms with Gasteiger partial charge in [-0.05, 0) is 24.6 Å². The Labute approximate surface area is 84.0 Å². The minimum atomic E-state index is -0.218. The maximum Gasteiger partial charge on any atom is 0.123 e. The van der Waals surface area contributed by atoms with Crippen LogP contribution in [0.4, 0.5) is 4.39 Å². The molecule has 1 atom stereocenters. The fourth-order valence-corrected chi connectivity index (χ4v) is 0.766. The van der Waals surface area contributed by atoms with Crippen LogP contribution in [-0.2, 0) is 0 Å². The quantitative estimate of drug-likeness (QED) is 0.739. The number of hydrogen-bond acceptors (Lipinski definition) is 2. The molecule has 0 saturated carbocycles. The predicted molar refractivity (Wildman–Crippen MR) is 54.4 cm³/mol. The van der Waals surface area contributed by atoms with Gasteiger partial charge in [0.05, 0.1) is 0 Å². The van der Waals surface area contributed by atoms with Crippen LogP contribution in [0.1, 0.15) is 18.5 Å². The van der Waals surface area contributed by atoms with Gasteiger partial charge in [0.1, 0.15) is 5.82 Å². The lowest BCUT2D eigenvalue weighted by Crippen LogP contribution is -2.04. The summed E-state index contributed by atoms with van der Waals surface area (Å²) in [5, 5.41) is 7.00. The molecular formula is C9H15ClFNO. The van der Waals surface area contributed by atoms with Crippen molar-refractivity contribution in [2.45, 2.75) is 13.0 Å². The highest BCUT2D eigenvalue weighted by Crippen LogP contribution is 2.09. The molecule has 0 aliphatic heterocycles. The predicted octanol–water partition coefficient (Wildman–Crippen LogP) is 1.88. The molecule has 0 fully saturated rings. The van der Waals surface area contributed by atoms with Crippen molar-refractivity contribution in [2.75, 3.05) is 7.11 Å². The molecule has 0 saturated heterocycles. The monoisotopic (exact) mass is 207 g/mol. The van der Waals surface area contributed by atoms with Crippen LogP contribution in [0.3, 0.4) is 0 Å². The first-order valence-electron chi connectivity index (χ1n) is 3.66. The Morgan fingerprint density at radius 2 is 1.62 bits per heavy atom. The third kappa shape index (κ3) is 5.58. The van der Waals surface area contributed by atoms with Gasteiger partial charge in [-0.1, -0.05) is 12.1 Å². The summed E-state index contributed by atoms with van der Waals surface area (Å²) in [7, 11) is 1.00. The van der Waals surface area contributed by atoms with Crippen molar-refractivity contribution in [1.29, 1.82) is 0 Å². The molecule has 0 radical (unpaired) electrons. The molecule has 13 heavy (non-hydrogen) atoms. The van der Waals surface area contributed by atoms with E-state index in [4.69, 9.17) is 10.8 Å². The maximum absolute atomic E-state index is 12.3. The lowest BCUT2D eigenvalue weighted by Gasteiger charge is -2.02. The lowest BCUT2D eigenvalue weighted by molar-refractivity contribution is 0.399. The van der Waals surface area contributed by atoms with Gasteiger partial charge >= 0.3 is 0 Å². The zero-order valence-corrected chi connectivity index (χ0v) is 8.51. The van der Waals surface area contributed by atoms with Gasteiger partial charge in [0.15, 0.2) is 0 Å². The standard InChI is InChI=1S/C8H10FN.CH4O.ClH/c1-6(10)7-2-4-8(9)5-3-7;1-2;/h2-6H,10H2,1H3;2H,1H3;1H/t6-;;/m1../s1. The molecule has 1 aromatic carbocycles. The summed E-state index contributed by atoms with van der Waals surface area (Å²) in [6.45, 7) is 1.87. The normalized spacial score (nSPS) is 10.5. The molecule has 1 aromatic rings. The van der Waals surface area contributed by atoms with Crippen LogP contribution in [0.25, 0.3) is 0 Å².